The molecule has 7 heteroatoms. The van der Waals surface area contributed by atoms with Crippen molar-refractivity contribution in [1.82, 2.24) is 15.0 Å². The number of benzene rings is 1. The first-order valence-electron chi connectivity index (χ1n) is 5.09. The Kier molecular flexibility index (Phi) is 4.17. The van der Waals surface area contributed by atoms with Crippen LogP contribution in [0.15, 0.2) is 30.3 Å². The third-order valence-electron chi connectivity index (χ3n) is 1.88. The highest BCUT2D eigenvalue weighted by Gasteiger charge is 2.10. The fourth-order valence-corrected chi connectivity index (χ4v) is 1.57. The molecule has 1 aromatic carbocycles. The largest absolute Gasteiger partial charge is 0.455 e. The van der Waals surface area contributed by atoms with Gasteiger partial charge in [-0.25, -0.2) is 0 Å². The third-order valence-corrected chi connectivity index (χ3v) is 2.22. The first-order valence-corrected chi connectivity index (χ1v) is 5.84. The Bertz CT molecular complexity index is 505. The summed E-state index contributed by atoms with van der Waals surface area (Å²) in [5, 5.41) is -0.0613. The van der Waals surface area contributed by atoms with Gasteiger partial charge in [0.25, 0.3) is 0 Å². The van der Waals surface area contributed by atoms with Crippen molar-refractivity contribution in [3.63, 3.8) is 0 Å². The summed E-state index contributed by atoms with van der Waals surface area (Å²) >= 11 is 11.3. The molecule has 0 saturated heterocycles. The van der Waals surface area contributed by atoms with Gasteiger partial charge in [0.1, 0.15) is 5.75 Å². The van der Waals surface area contributed by atoms with E-state index >= 15 is 0 Å². The minimum atomic E-state index is -0.582. The molecular weight excluding hydrogens is 277 g/mol. The highest BCUT2D eigenvalue weighted by Crippen LogP contribution is 2.15. The lowest BCUT2D eigenvalue weighted by Crippen LogP contribution is -2.21. The van der Waals surface area contributed by atoms with E-state index in [2.05, 4.69) is 15.0 Å². The third kappa shape index (κ3) is 3.72. The first-order chi connectivity index (χ1) is 8.63. The predicted octanol–water partition coefficient (Wildman–Crippen LogP) is 2.98. The van der Waals surface area contributed by atoms with Crippen molar-refractivity contribution >= 4 is 23.2 Å². The van der Waals surface area contributed by atoms with Gasteiger partial charge in [0.2, 0.25) is 16.9 Å². The second kappa shape index (κ2) is 5.84. The first kappa shape index (κ1) is 12.9. The normalized spacial score (nSPS) is 11.9. The smallest absolute Gasteiger partial charge is 0.325 e. The Hall–Kier alpha value is -1.59. The van der Waals surface area contributed by atoms with Gasteiger partial charge >= 0.3 is 6.01 Å². The number of halogens is 2. The summed E-state index contributed by atoms with van der Waals surface area (Å²) in [6.07, 6.45) is -0.582. The molecule has 1 heterocycles. The molecule has 0 saturated carbocycles. The molecule has 0 N–H and O–H groups in total. The van der Waals surface area contributed by atoms with Crippen LogP contribution in [0.5, 0.6) is 11.8 Å². The second-order valence-corrected chi connectivity index (χ2v) is 3.95. The van der Waals surface area contributed by atoms with E-state index < -0.39 is 6.29 Å². The van der Waals surface area contributed by atoms with E-state index in [1.54, 1.807) is 6.92 Å². The Labute approximate surface area is 114 Å². The number of rotatable bonds is 4. The molecule has 0 radical (unpaired) electrons. The van der Waals surface area contributed by atoms with E-state index in [0.29, 0.717) is 5.75 Å². The van der Waals surface area contributed by atoms with Crippen LogP contribution in [0, 0.1) is 0 Å². The molecule has 18 heavy (non-hydrogen) atoms. The summed E-state index contributed by atoms with van der Waals surface area (Å²) in [6, 6.07) is 9.25. The fraction of sp³-hybridized carbons (Fsp3) is 0.182. The number of aromatic nitrogens is 3. The number of hydrogen-bond donors (Lipinski definition) is 0. The maximum atomic E-state index is 5.63. The molecule has 94 valence electrons. The Morgan fingerprint density at radius 3 is 2.17 bits per heavy atom. The van der Waals surface area contributed by atoms with Gasteiger partial charge in [-0.1, -0.05) is 18.2 Å². The molecule has 0 amide bonds. The van der Waals surface area contributed by atoms with Crippen molar-refractivity contribution in [2.24, 2.45) is 0 Å². The van der Waals surface area contributed by atoms with Crippen LogP contribution in [-0.2, 0) is 0 Å². The predicted molar refractivity (Wildman–Crippen MR) is 67.0 cm³/mol. The van der Waals surface area contributed by atoms with Crippen LogP contribution in [-0.4, -0.2) is 21.2 Å². The molecule has 1 atom stereocenters. The van der Waals surface area contributed by atoms with Gasteiger partial charge in [0.05, 0.1) is 0 Å². The summed E-state index contributed by atoms with van der Waals surface area (Å²) in [6.45, 7) is 1.71. The highest BCUT2D eigenvalue weighted by atomic mass is 35.5. The van der Waals surface area contributed by atoms with E-state index in [1.165, 1.54) is 0 Å². The van der Waals surface area contributed by atoms with E-state index in [1.807, 2.05) is 30.3 Å². The van der Waals surface area contributed by atoms with Crippen molar-refractivity contribution in [3.05, 3.63) is 40.9 Å². The number of nitrogens with zero attached hydrogens (tertiary/aromatic N) is 3. The van der Waals surface area contributed by atoms with Crippen molar-refractivity contribution < 1.29 is 9.47 Å². The molecule has 0 aliphatic heterocycles. The maximum Gasteiger partial charge on any atom is 0.325 e. The highest BCUT2D eigenvalue weighted by molar-refractivity contribution is 6.31. The molecule has 1 unspecified atom stereocenters. The van der Waals surface area contributed by atoms with E-state index in [9.17, 15) is 0 Å². The molecule has 2 rings (SSSR count). The average molecular weight is 286 g/mol. The monoisotopic (exact) mass is 285 g/mol. The van der Waals surface area contributed by atoms with Gasteiger partial charge in [0.15, 0.2) is 0 Å². The summed E-state index contributed by atoms with van der Waals surface area (Å²) < 4.78 is 10.8. The molecule has 1 aromatic heterocycles. The number of ether oxygens (including phenoxy) is 2. The summed E-state index contributed by atoms with van der Waals surface area (Å²) in [4.78, 5) is 11.2. The maximum absolute atomic E-state index is 5.63. The van der Waals surface area contributed by atoms with E-state index in [0.717, 1.165) is 0 Å². The minimum absolute atomic E-state index is 0.0171. The van der Waals surface area contributed by atoms with Gasteiger partial charge in [-0.15, -0.1) is 0 Å². The molecule has 5 nitrogen and oxygen atoms in total. The summed E-state index contributed by atoms with van der Waals surface area (Å²) in [5.74, 6) is 0.677. The molecule has 0 aliphatic carbocycles. The Morgan fingerprint density at radius 2 is 1.56 bits per heavy atom. The van der Waals surface area contributed by atoms with E-state index in [4.69, 9.17) is 32.7 Å². The Balaban J connectivity index is 2.01. The topological polar surface area (TPSA) is 57.1 Å². The number of para-hydroxylation sites is 1. The SMILES string of the molecule is CC(Oc1ccccc1)Oc1nc(Cl)nc(Cl)n1. The zero-order valence-corrected chi connectivity index (χ0v) is 10.9. The second-order valence-electron chi connectivity index (χ2n) is 3.27. The molecule has 0 aliphatic rings. The van der Waals surface area contributed by atoms with Crippen LogP contribution >= 0.6 is 23.2 Å². The molecule has 0 fully saturated rings. The summed E-state index contributed by atoms with van der Waals surface area (Å²) in [7, 11) is 0. The van der Waals surface area contributed by atoms with E-state index in [-0.39, 0.29) is 16.6 Å². The van der Waals surface area contributed by atoms with Crippen molar-refractivity contribution in [1.29, 1.82) is 0 Å². The van der Waals surface area contributed by atoms with Crippen LogP contribution in [0.2, 0.25) is 10.6 Å². The fourth-order valence-electron chi connectivity index (χ4n) is 1.22. The van der Waals surface area contributed by atoms with Crippen LogP contribution in [0.25, 0.3) is 0 Å². The van der Waals surface area contributed by atoms with Crippen molar-refractivity contribution in [2.75, 3.05) is 0 Å². The van der Waals surface area contributed by atoms with Crippen LogP contribution in [0.3, 0.4) is 0 Å². The lowest BCUT2D eigenvalue weighted by Gasteiger charge is -2.14. The summed E-state index contributed by atoms with van der Waals surface area (Å²) in [5.41, 5.74) is 0. The van der Waals surface area contributed by atoms with Gasteiger partial charge in [-0.05, 0) is 35.3 Å². The zero-order chi connectivity index (χ0) is 13.0. The number of hydrogen-bond acceptors (Lipinski definition) is 5. The van der Waals surface area contributed by atoms with Crippen molar-refractivity contribution in [3.8, 4) is 11.8 Å². The lowest BCUT2D eigenvalue weighted by atomic mass is 10.3. The molecule has 2 aromatic rings. The van der Waals surface area contributed by atoms with Crippen LogP contribution < -0.4 is 9.47 Å². The molecule has 0 spiro atoms. The quantitative estimate of drug-likeness (QED) is 0.809. The lowest BCUT2D eigenvalue weighted by molar-refractivity contribution is 0.0145. The van der Waals surface area contributed by atoms with Gasteiger partial charge in [-0.2, -0.15) is 15.0 Å². The van der Waals surface area contributed by atoms with Gasteiger partial charge in [-0.3, -0.25) is 0 Å². The van der Waals surface area contributed by atoms with Crippen LogP contribution in [0.1, 0.15) is 6.92 Å². The standard InChI is InChI=1S/C11H9Cl2N3O2/c1-7(17-8-5-3-2-4-6-8)18-11-15-9(12)14-10(13)16-11/h2-7H,1H3. The minimum Gasteiger partial charge on any atom is -0.455 e. The zero-order valence-electron chi connectivity index (χ0n) is 9.38. The average Bonchev–Trinajstić information content (AvgIpc) is 2.28. The van der Waals surface area contributed by atoms with Gasteiger partial charge in [0, 0.05) is 6.92 Å². The molecular formula is C11H9Cl2N3O2. The van der Waals surface area contributed by atoms with Gasteiger partial charge < -0.3 is 9.47 Å². The molecule has 0 bridgehead atoms. The van der Waals surface area contributed by atoms with Crippen LogP contribution in [0.4, 0.5) is 0 Å². The Morgan fingerprint density at radius 1 is 0.944 bits per heavy atom. The van der Waals surface area contributed by atoms with Crippen molar-refractivity contribution in [2.45, 2.75) is 13.2 Å².